The Morgan fingerprint density at radius 1 is 1.35 bits per heavy atom. The first-order valence-corrected chi connectivity index (χ1v) is 8.67. The number of aromatic nitrogens is 2. The van der Waals surface area contributed by atoms with Gasteiger partial charge in [0.05, 0.1) is 5.56 Å². The lowest BCUT2D eigenvalue weighted by Gasteiger charge is -2.33. The maximum atomic E-state index is 12.7. The fraction of sp³-hybridized carbons (Fsp3) is 0.316. The molecule has 4 rings (SSSR count). The largest absolute Gasteiger partial charge is 0.463 e. The Morgan fingerprint density at radius 2 is 2.19 bits per heavy atom. The van der Waals surface area contributed by atoms with E-state index in [0.29, 0.717) is 23.5 Å². The van der Waals surface area contributed by atoms with Crippen LogP contribution >= 0.6 is 0 Å². The number of furan rings is 1. The Balaban J connectivity index is 1.51. The number of rotatable bonds is 3. The smallest absolute Gasteiger partial charge is 0.293 e. The first-order valence-electron chi connectivity index (χ1n) is 8.67. The number of carbonyl (C=O) groups is 1. The molecule has 1 saturated heterocycles. The fourth-order valence-corrected chi connectivity index (χ4v) is 3.41. The van der Waals surface area contributed by atoms with Crippen LogP contribution in [0.2, 0.25) is 0 Å². The van der Waals surface area contributed by atoms with Crippen LogP contribution in [0, 0.1) is 0 Å². The van der Waals surface area contributed by atoms with Crippen molar-refractivity contribution in [1.29, 1.82) is 0 Å². The average Bonchev–Trinajstić information content (AvgIpc) is 3.08. The Labute approximate surface area is 150 Å². The van der Waals surface area contributed by atoms with Crippen LogP contribution in [0.4, 0.5) is 5.82 Å². The van der Waals surface area contributed by atoms with Gasteiger partial charge in [0.25, 0.3) is 11.5 Å². The second-order valence-electron chi connectivity index (χ2n) is 6.57. The van der Waals surface area contributed by atoms with E-state index in [9.17, 15) is 9.59 Å². The molecule has 1 fully saturated rings. The van der Waals surface area contributed by atoms with Crippen LogP contribution in [0.3, 0.4) is 0 Å². The van der Waals surface area contributed by atoms with Crippen LogP contribution in [-0.4, -0.2) is 34.6 Å². The van der Waals surface area contributed by atoms with Gasteiger partial charge in [-0.25, -0.2) is 4.98 Å². The Bertz CT molecular complexity index is 1010. The fourth-order valence-electron chi connectivity index (χ4n) is 3.41. The van der Waals surface area contributed by atoms with E-state index in [1.54, 1.807) is 19.4 Å². The quantitative estimate of drug-likeness (QED) is 0.779. The van der Waals surface area contributed by atoms with Gasteiger partial charge in [-0.2, -0.15) is 0 Å². The van der Waals surface area contributed by atoms with Crippen LogP contribution in [0.5, 0.6) is 0 Å². The molecule has 2 aromatic heterocycles. The van der Waals surface area contributed by atoms with Gasteiger partial charge in [0.15, 0.2) is 5.82 Å². The number of benzene rings is 1. The predicted octanol–water partition coefficient (Wildman–Crippen LogP) is 1.93. The third-order valence-corrected chi connectivity index (χ3v) is 4.78. The maximum absolute atomic E-state index is 12.7. The Kier molecular flexibility index (Phi) is 4.20. The molecule has 1 aliphatic heterocycles. The van der Waals surface area contributed by atoms with E-state index in [4.69, 9.17) is 4.42 Å². The Morgan fingerprint density at radius 3 is 3.08 bits per heavy atom. The summed E-state index contributed by atoms with van der Waals surface area (Å²) in [6.45, 7) is 1.32. The molecule has 1 atom stereocenters. The molecule has 0 unspecified atom stereocenters. The monoisotopic (exact) mass is 352 g/mol. The van der Waals surface area contributed by atoms with E-state index in [-0.39, 0.29) is 17.5 Å². The lowest BCUT2D eigenvalue weighted by molar-refractivity contribution is 0.0934. The zero-order valence-electron chi connectivity index (χ0n) is 14.5. The van der Waals surface area contributed by atoms with Crippen molar-refractivity contribution in [2.24, 2.45) is 7.05 Å². The van der Waals surface area contributed by atoms with Gasteiger partial charge in [-0.05, 0) is 18.9 Å². The summed E-state index contributed by atoms with van der Waals surface area (Å²) in [4.78, 5) is 31.2. The maximum Gasteiger partial charge on any atom is 0.293 e. The second kappa shape index (κ2) is 6.67. The number of nitrogens with zero attached hydrogens (tertiary/aromatic N) is 3. The predicted molar refractivity (Wildman–Crippen MR) is 98.4 cm³/mol. The van der Waals surface area contributed by atoms with Crippen molar-refractivity contribution in [2.75, 3.05) is 18.0 Å². The van der Waals surface area contributed by atoms with Crippen LogP contribution in [0.25, 0.3) is 11.0 Å². The van der Waals surface area contributed by atoms with Crippen molar-refractivity contribution in [2.45, 2.75) is 18.9 Å². The second-order valence-corrected chi connectivity index (χ2v) is 6.57. The average molecular weight is 352 g/mol. The highest BCUT2D eigenvalue weighted by atomic mass is 16.3. The molecule has 3 aromatic rings. The molecule has 0 spiro atoms. The van der Waals surface area contributed by atoms with Gasteiger partial charge in [-0.3, -0.25) is 9.59 Å². The number of para-hydroxylation sites is 1. The van der Waals surface area contributed by atoms with Gasteiger partial charge < -0.3 is 19.2 Å². The molecule has 1 N–H and O–H groups in total. The lowest BCUT2D eigenvalue weighted by Crippen LogP contribution is -2.49. The summed E-state index contributed by atoms with van der Waals surface area (Å²) in [6.07, 6.45) is 6.51. The molecule has 3 heterocycles. The summed E-state index contributed by atoms with van der Waals surface area (Å²) >= 11 is 0. The number of piperidine rings is 1. The van der Waals surface area contributed by atoms with E-state index in [1.165, 1.54) is 10.8 Å². The number of nitrogens with one attached hydrogen (secondary N) is 1. The minimum atomic E-state index is -0.157. The molecule has 0 bridgehead atoms. The van der Waals surface area contributed by atoms with E-state index in [1.807, 2.05) is 29.2 Å². The molecule has 0 aliphatic carbocycles. The van der Waals surface area contributed by atoms with Crippen molar-refractivity contribution in [3.8, 4) is 0 Å². The molecule has 0 saturated carbocycles. The minimum Gasteiger partial charge on any atom is -0.463 e. The summed E-state index contributed by atoms with van der Waals surface area (Å²) in [5, 5.41) is 3.87. The van der Waals surface area contributed by atoms with Gasteiger partial charge in [-0.1, -0.05) is 18.2 Å². The molecule has 7 nitrogen and oxygen atoms in total. The third-order valence-electron chi connectivity index (χ3n) is 4.78. The van der Waals surface area contributed by atoms with Crippen LogP contribution in [-0.2, 0) is 7.05 Å². The van der Waals surface area contributed by atoms with Gasteiger partial charge in [0, 0.05) is 44.0 Å². The molecule has 1 aliphatic rings. The van der Waals surface area contributed by atoms with Crippen molar-refractivity contribution < 1.29 is 9.21 Å². The highest BCUT2D eigenvalue weighted by molar-refractivity contribution is 6.06. The zero-order chi connectivity index (χ0) is 18.1. The van der Waals surface area contributed by atoms with Crippen LogP contribution in [0.1, 0.15) is 23.2 Å². The zero-order valence-corrected chi connectivity index (χ0v) is 14.5. The highest BCUT2D eigenvalue weighted by Gasteiger charge is 2.25. The number of carbonyl (C=O) groups excluding carboxylic acids is 1. The molecular formula is C19H20N4O3. The van der Waals surface area contributed by atoms with Gasteiger partial charge in [-0.15, -0.1) is 0 Å². The molecule has 0 radical (unpaired) electrons. The summed E-state index contributed by atoms with van der Waals surface area (Å²) in [7, 11) is 1.71. The van der Waals surface area contributed by atoms with E-state index in [0.717, 1.165) is 24.8 Å². The molecule has 1 amide bonds. The van der Waals surface area contributed by atoms with Crippen molar-refractivity contribution in [3.05, 3.63) is 58.8 Å². The topological polar surface area (TPSA) is 80.4 Å². The van der Waals surface area contributed by atoms with Gasteiger partial charge >= 0.3 is 0 Å². The first-order chi connectivity index (χ1) is 12.6. The van der Waals surface area contributed by atoms with Crippen molar-refractivity contribution in [1.82, 2.24) is 14.9 Å². The first kappa shape index (κ1) is 16.4. The van der Waals surface area contributed by atoms with Crippen molar-refractivity contribution in [3.63, 3.8) is 0 Å². The lowest BCUT2D eigenvalue weighted by atomic mass is 10.0. The summed E-state index contributed by atoms with van der Waals surface area (Å²) in [6, 6.07) is 7.43. The number of anilines is 1. The van der Waals surface area contributed by atoms with Gasteiger partial charge in [0.2, 0.25) is 0 Å². The molecular weight excluding hydrogens is 332 g/mol. The number of hydrogen-bond donors (Lipinski definition) is 1. The standard InChI is InChI=1S/C19H20N4O3/c1-22-10-8-20-17(19(22)25)23-9-4-5-13(11-23)21-18(24)15-12-26-16-7-3-2-6-14(15)16/h2-3,6-8,10,12-13H,4-5,9,11H2,1H3,(H,21,24)/t13-/m1/s1. The highest BCUT2D eigenvalue weighted by Crippen LogP contribution is 2.21. The molecule has 7 heteroatoms. The number of fused-ring (bicyclic) bond motifs is 1. The van der Waals surface area contributed by atoms with E-state index >= 15 is 0 Å². The normalized spacial score (nSPS) is 17.4. The number of amides is 1. The third kappa shape index (κ3) is 2.96. The Hall–Kier alpha value is -3.09. The summed E-state index contributed by atoms with van der Waals surface area (Å²) in [5.41, 5.74) is 1.10. The van der Waals surface area contributed by atoms with E-state index < -0.39 is 0 Å². The van der Waals surface area contributed by atoms with Crippen LogP contribution in [0.15, 0.2) is 52.1 Å². The minimum absolute atomic E-state index is 0.0448. The number of hydrogen-bond acceptors (Lipinski definition) is 5. The SMILES string of the molecule is Cn1ccnc(N2CCC[C@@H](NC(=O)c3coc4ccccc34)C2)c1=O. The summed E-state index contributed by atoms with van der Waals surface area (Å²) < 4.78 is 6.97. The van der Waals surface area contributed by atoms with E-state index in [2.05, 4.69) is 10.3 Å². The molecule has 1 aromatic carbocycles. The summed E-state index contributed by atoms with van der Waals surface area (Å²) in [5.74, 6) is 0.276. The van der Waals surface area contributed by atoms with Crippen molar-refractivity contribution >= 4 is 22.7 Å². The molecule has 134 valence electrons. The molecule has 26 heavy (non-hydrogen) atoms. The van der Waals surface area contributed by atoms with Gasteiger partial charge in [0.1, 0.15) is 11.8 Å². The number of aryl methyl sites for hydroxylation is 1. The van der Waals surface area contributed by atoms with Crippen LogP contribution < -0.4 is 15.8 Å².